The molecule has 1 aliphatic rings. The molecular weight excluding hydrogens is 298 g/mol. The molecule has 1 amide bonds. The van der Waals surface area contributed by atoms with Crippen LogP contribution in [0.2, 0.25) is 5.15 Å². The molecule has 7 nitrogen and oxygen atoms in total. The van der Waals surface area contributed by atoms with E-state index in [2.05, 4.69) is 4.98 Å². The van der Waals surface area contributed by atoms with E-state index in [0.717, 1.165) is 25.1 Å². The van der Waals surface area contributed by atoms with Crippen LogP contribution in [0.25, 0.3) is 0 Å². The summed E-state index contributed by atoms with van der Waals surface area (Å²) in [5.41, 5.74) is -0.192. The van der Waals surface area contributed by atoms with E-state index in [4.69, 9.17) is 16.3 Å². The lowest BCUT2D eigenvalue weighted by Gasteiger charge is -2.27. The summed E-state index contributed by atoms with van der Waals surface area (Å²) in [6.45, 7) is 1.97. The molecule has 1 aliphatic heterocycles. The zero-order chi connectivity index (χ0) is 15.4. The summed E-state index contributed by atoms with van der Waals surface area (Å²) in [7, 11) is 1.66. The second-order valence-electron chi connectivity index (χ2n) is 5.03. The molecule has 0 bridgehead atoms. The van der Waals surface area contributed by atoms with Crippen molar-refractivity contribution in [1.29, 1.82) is 0 Å². The topological polar surface area (TPSA) is 85.6 Å². The van der Waals surface area contributed by atoms with Crippen LogP contribution < -0.4 is 0 Å². The van der Waals surface area contributed by atoms with Gasteiger partial charge in [0.05, 0.1) is 10.5 Å². The van der Waals surface area contributed by atoms with Crippen LogP contribution in [0.3, 0.4) is 0 Å². The number of ether oxygens (including phenoxy) is 1. The minimum atomic E-state index is -0.599. The summed E-state index contributed by atoms with van der Waals surface area (Å²) < 4.78 is 5.28. The van der Waals surface area contributed by atoms with Crippen molar-refractivity contribution < 1.29 is 14.5 Å². The molecule has 114 valence electrons. The fourth-order valence-electron chi connectivity index (χ4n) is 2.29. The van der Waals surface area contributed by atoms with Crippen LogP contribution in [0.5, 0.6) is 0 Å². The van der Waals surface area contributed by atoms with Crippen LogP contribution in [0.1, 0.15) is 23.2 Å². The SMILES string of the molecule is CN(CC1CCOCC1)C(=O)c1cc([N+](=O)[O-])cnc1Cl. The summed E-state index contributed by atoms with van der Waals surface area (Å²) in [5, 5.41) is 10.7. The van der Waals surface area contributed by atoms with Crippen LogP contribution in [-0.2, 0) is 4.74 Å². The summed E-state index contributed by atoms with van der Waals surface area (Å²) >= 11 is 5.88. The lowest BCUT2D eigenvalue weighted by atomic mass is 9.99. The Kier molecular flexibility index (Phi) is 5.08. The number of carbonyl (C=O) groups is 1. The van der Waals surface area contributed by atoms with Crippen molar-refractivity contribution in [3.8, 4) is 0 Å². The van der Waals surface area contributed by atoms with Crippen molar-refractivity contribution in [3.05, 3.63) is 33.1 Å². The van der Waals surface area contributed by atoms with E-state index in [0.29, 0.717) is 25.7 Å². The van der Waals surface area contributed by atoms with Crippen molar-refractivity contribution in [1.82, 2.24) is 9.88 Å². The number of nitrogens with zero attached hydrogens (tertiary/aromatic N) is 3. The zero-order valence-electron chi connectivity index (χ0n) is 11.6. The first-order valence-electron chi connectivity index (χ1n) is 6.62. The van der Waals surface area contributed by atoms with E-state index in [1.807, 2.05) is 0 Å². The maximum atomic E-state index is 12.4. The maximum Gasteiger partial charge on any atom is 0.288 e. The van der Waals surface area contributed by atoms with Crippen molar-refractivity contribution in [3.63, 3.8) is 0 Å². The fourth-order valence-corrected chi connectivity index (χ4v) is 2.48. The highest BCUT2D eigenvalue weighted by atomic mass is 35.5. The molecule has 0 atom stereocenters. The Morgan fingerprint density at radius 1 is 1.57 bits per heavy atom. The van der Waals surface area contributed by atoms with Gasteiger partial charge in [0.25, 0.3) is 11.6 Å². The van der Waals surface area contributed by atoms with Gasteiger partial charge in [-0.05, 0) is 18.8 Å². The third kappa shape index (κ3) is 3.89. The van der Waals surface area contributed by atoms with Gasteiger partial charge >= 0.3 is 0 Å². The Labute approximate surface area is 127 Å². The van der Waals surface area contributed by atoms with Crippen LogP contribution in [0, 0.1) is 16.0 Å². The number of nitro groups is 1. The van der Waals surface area contributed by atoms with Gasteiger partial charge in [-0.15, -0.1) is 0 Å². The predicted octanol–water partition coefficient (Wildman–Crippen LogP) is 2.14. The smallest absolute Gasteiger partial charge is 0.288 e. The molecule has 8 heteroatoms. The van der Waals surface area contributed by atoms with Gasteiger partial charge in [-0.2, -0.15) is 0 Å². The Morgan fingerprint density at radius 3 is 2.86 bits per heavy atom. The monoisotopic (exact) mass is 313 g/mol. The molecule has 0 spiro atoms. The lowest BCUT2D eigenvalue weighted by molar-refractivity contribution is -0.385. The molecule has 1 saturated heterocycles. The van der Waals surface area contributed by atoms with Gasteiger partial charge in [0.15, 0.2) is 0 Å². The summed E-state index contributed by atoms with van der Waals surface area (Å²) in [4.78, 5) is 27.8. The number of rotatable bonds is 4. The van der Waals surface area contributed by atoms with E-state index in [9.17, 15) is 14.9 Å². The molecule has 2 heterocycles. The number of amides is 1. The molecule has 0 aromatic carbocycles. The van der Waals surface area contributed by atoms with Crippen molar-refractivity contribution in [2.45, 2.75) is 12.8 Å². The van der Waals surface area contributed by atoms with Crippen molar-refractivity contribution in [2.24, 2.45) is 5.92 Å². The van der Waals surface area contributed by atoms with Crippen molar-refractivity contribution in [2.75, 3.05) is 26.8 Å². The molecular formula is C13H16ClN3O4. The standard InChI is InChI=1S/C13H16ClN3O4/c1-16(8-9-2-4-21-5-3-9)13(18)11-6-10(17(19)20)7-15-12(11)14/h6-7,9H,2-5,8H2,1H3. The molecule has 1 aromatic rings. The molecule has 2 rings (SSSR count). The van der Waals surface area contributed by atoms with Gasteiger partial charge in [0, 0.05) is 32.9 Å². The number of hydrogen-bond donors (Lipinski definition) is 0. The minimum Gasteiger partial charge on any atom is -0.381 e. The Morgan fingerprint density at radius 2 is 2.24 bits per heavy atom. The Hall–Kier alpha value is -1.73. The Bertz CT molecular complexity index is 546. The molecule has 0 radical (unpaired) electrons. The highest BCUT2D eigenvalue weighted by Crippen LogP contribution is 2.22. The summed E-state index contributed by atoms with van der Waals surface area (Å²) in [6.07, 6.45) is 2.84. The molecule has 0 unspecified atom stereocenters. The quantitative estimate of drug-likeness (QED) is 0.483. The number of halogens is 1. The number of carbonyl (C=O) groups excluding carboxylic acids is 1. The van der Waals surface area contributed by atoms with E-state index in [1.165, 1.54) is 4.90 Å². The van der Waals surface area contributed by atoms with Gasteiger partial charge in [0.2, 0.25) is 0 Å². The highest BCUT2D eigenvalue weighted by molar-refractivity contribution is 6.32. The summed E-state index contributed by atoms with van der Waals surface area (Å²) in [6, 6.07) is 1.16. The summed E-state index contributed by atoms with van der Waals surface area (Å²) in [5.74, 6) is 0.0147. The highest BCUT2D eigenvalue weighted by Gasteiger charge is 2.23. The van der Waals surface area contributed by atoms with E-state index < -0.39 is 4.92 Å². The number of aromatic nitrogens is 1. The first kappa shape index (κ1) is 15.7. The van der Waals surface area contributed by atoms with Crippen molar-refractivity contribution >= 4 is 23.2 Å². The first-order valence-corrected chi connectivity index (χ1v) is 7.00. The van der Waals surface area contributed by atoms with Crippen LogP contribution in [0.15, 0.2) is 12.3 Å². The third-order valence-electron chi connectivity index (χ3n) is 3.49. The fraction of sp³-hybridized carbons (Fsp3) is 0.538. The van der Waals surface area contributed by atoms with Gasteiger partial charge in [-0.1, -0.05) is 11.6 Å². The normalized spacial score (nSPS) is 15.7. The van der Waals surface area contributed by atoms with Gasteiger partial charge < -0.3 is 9.64 Å². The molecule has 21 heavy (non-hydrogen) atoms. The van der Waals surface area contributed by atoms with E-state index in [-0.39, 0.29) is 22.3 Å². The average molecular weight is 314 g/mol. The molecule has 1 aromatic heterocycles. The second-order valence-corrected chi connectivity index (χ2v) is 5.39. The molecule has 1 fully saturated rings. The predicted molar refractivity (Wildman–Crippen MR) is 76.4 cm³/mol. The molecule has 0 saturated carbocycles. The Balaban J connectivity index is 2.10. The van der Waals surface area contributed by atoms with Crippen LogP contribution in [-0.4, -0.2) is 47.5 Å². The van der Waals surface area contributed by atoms with Gasteiger partial charge in [-0.3, -0.25) is 14.9 Å². The third-order valence-corrected chi connectivity index (χ3v) is 3.79. The second kappa shape index (κ2) is 6.82. The lowest BCUT2D eigenvalue weighted by Crippen LogP contribution is -2.34. The van der Waals surface area contributed by atoms with E-state index >= 15 is 0 Å². The van der Waals surface area contributed by atoms with Gasteiger partial charge in [-0.25, -0.2) is 4.98 Å². The van der Waals surface area contributed by atoms with Crippen LogP contribution >= 0.6 is 11.6 Å². The van der Waals surface area contributed by atoms with Gasteiger partial charge in [0.1, 0.15) is 11.3 Å². The number of hydrogen-bond acceptors (Lipinski definition) is 5. The largest absolute Gasteiger partial charge is 0.381 e. The zero-order valence-corrected chi connectivity index (χ0v) is 12.4. The number of pyridine rings is 1. The average Bonchev–Trinajstić information content (AvgIpc) is 2.47. The first-order chi connectivity index (χ1) is 9.99. The minimum absolute atomic E-state index is 0.0237. The van der Waals surface area contributed by atoms with Crippen LogP contribution in [0.4, 0.5) is 5.69 Å². The maximum absolute atomic E-state index is 12.4. The molecule has 0 aliphatic carbocycles. The van der Waals surface area contributed by atoms with E-state index in [1.54, 1.807) is 7.05 Å². The molecule has 0 N–H and O–H groups in total.